The van der Waals surface area contributed by atoms with E-state index in [-0.39, 0.29) is 13.2 Å². The number of pyridine rings is 1. The molecule has 0 aliphatic heterocycles. The van der Waals surface area contributed by atoms with Gasteiger partial charge in [-0.25, -0.2) is 0 Å². The summed E-state index contributed by atoms with van der Waals surface area (Å²) in [6, 6.07) is 5.06. The third-order valence-electron chi connectivity index (χ3n) is 2.59. The van der Waals surface area contributed by atoms with Gasteiger partial charge < -0.3 is 9.67 Å². The van der Waals surface area contributed by atoms with E-state index < -0.39 is 17.3 Å². The monoisotopic (exact) mass is 313 g/mol. The predicted octanol–water partition coefficient (Wildman–Crippen LogP) is 2.32. The average Bonchev–Trinajstić information content (AvgIpc) is 2.85. The molecule has 110 valence electrons. The Kier molecular flexibility index (Phi) is 4.50. The van der Waals surface area contributed by atoms with Crippen molar-refractivity contribution < 1.29 is 18.3 Å². The molecule has 0 aliphatic rings. The third-order valence-corrected chi connectivity index (χ3v) is 3.57. The summed E-state index contributed by atoms with van der Waals surface area (Å²) >= 11 is 1.26. The maximum atomic E-state index is 12.6. The van der Waals surface area contributed by atoms with Crippen LogP contribution in [0.25, 0.3) is 0 Å². The number of thiophene rings is 1. The summed E-state index contributed by atoms with van der Waals surface area (Å²) in [6.07, 6.45) is -3.68. The number of nitrogens with zero attached hydrogens (tertiary/aromatic N) is 1. The largest absolute Gasteiger partial charge is 0.417 e. The van der Waals surface area contributed by atoms with Gasteiger partial charge in [0.25, 0.3) is 5.56 Å². The fraction of sp³-hybridized carbons (Fsp3) is 0.214. The Hall–Kier alpha value is -2.04. The lowest BCUT2D eigenvalue weighted by atomic mass is 10.2. The molecule has 0 spiro atoms. The van der Waals surface area contributed by atoms with E-state index in [4.69, 9.17) is 5.11 Å². The fourth-order valence-corrected chi connectivity index (χ4v) is 2.53. The van der Waals surface area contributed by atoms with Crippen LogP contribution in [0, 0.1) is 11.8 Å². The second-order valence-electron chi connectivity index (χ2n) is 4.11. The first-order valence-corrected chi connectivity index (χ1v) is 6.68. The lowest BCUT2D eigenvalue weighted by Crippen LogP contribution is -2.21. The van der Waals surface area contributed by atoms with Gasteiger partial charge in [0.1, 0.15) is 6.61 Å². The van der Waals surface area contributed by atoms with Crippen LogP contribution in [0.1, 0.15) is 15.3 Å². The number of alkyl halides is 3. The first kappa shape index (κ1) is 15.4. The molecule has 7 heteroatoms. The van der Waals surface area contributed by atoms with Crippen molar-refractivity contribution in [3.63, 3.8) is 0 Å². The molecule has 2 aromatic heterocycles. The predicted molar refractivity (Wildman–Crippen MR) is 73.1 cm³/mol. The van der Waals surface area contributed by atoms with E-state index in [9.17, 15) is 18.0 Å². The second-order valence-corrected chi connectivity index (χ2v) is 5.28. The van der Waals surface area contributed by atoms with Gasteiger partial charge in [-0.1, -0.05) is 11.8 Å². The summed E-state index contributed by atoms with van der Waals surface area (Å²) in [5, 5.41) is 8.59. The highest BCUT2D eigenvalue weighted by atomic mass is 32.1. The fourth-order valence-electron chi connectivity index (χ4n) is 1.65. The molecule has 3 nitrogen and oxygen atoms in total. The summed E-state index contributed by atoms with van der Waals surface area (Å²) in [7, 11) is 0. The van der Waals surface area contributed by atoms with Crippen LogP contribution >= 0.6 is 11.3 Å². The minimum atomic E-state index is -4.48. The minimum absolute atomic E-state index is 0.0498. The molecule has 0 unspecified atom stereocenters. The molecule has 0 aliphatic carbocycles. The first-order valence-electron chi connectivity index (χ1n) is 5.86. The lowest BCUT2D eigenvalue weighted by Gasteiger charge is -2.09. The van der Waals surface area contributed by atoms with Crippen LogP contribution in [0.3, 0.4) is 0 Å². The molecule has 0 amide bonds. The van der Waals surface area contributed by atoms with Gasteiger partial charge in [0.15, 0.2) is 0 Å². The zero-order valence-electron chi connectivity index (χ0n) is 10.6. The van der Waals surface area contributed by atoms with Gasteiger partial charge in [-0.2, -0.15) is 13.2 Å². The summed E-state index contributed by atoms with van der Waals surface area (Å²) in [5.74, 6) is 5.18. The van der Waals surface area contributed by atoms with E-state index in [0.717, 1.165) is 22.9 Å². The second kappa shape index (κ2) is 6.16. The molecule has 2 heterocycles. The summed E-state index contributed by atoms with van der Waals surface area (Å²) in [6.45, 7) is -0.214. The molecular formula is C14H10F3NO2S. The Labute approximate surface area is 122 Å². The number of rotatable bonds is 2. The number of halogens is 3. The number of hydrogen-bond donors (Lipinski definition) is 1. The normalized spacial score (nSPS) is 11.0. The summed E-state index contributed by atoms with van der Waals surface area (Å²) in [4.78, 5) is 13.0. The minimum Gasteiger partial charge on any atom is -0.384 e. The van der Waals surface area contributed by atoms with Crippen molar-refractivity contribution >= 4 is 11.3 Å². The maximum Gasteiger partial charge on any atom is 0.417 e. The smallest absolute Gasteiger partial charge is 0.384 e. The lowest BCUT2D eigenvalue weighted by molar-refractivity contribution is -0.138. The van der Waals surface area contributed by atoms with Crippen LogP contribution in [0.4, 0.5) is 13.2 Å². The molecule has 0 bridgehead atoms. The van der Waals surface area contributed by atoms with Gasteiger partial charge in [0.05, 0.1) is 17.0 Å². The van der Waals surface area contributed by atoms with Crippen molar-refractivity contribution in [1.29, 1.82) is 0 Å². The summed E-state index contributed by atoms with van der Waals surface area (Å²) < 4.78 is 38.9. The van der Waals surface area contributed by atoms with E-state index in [2.05, 4.69) is 11.8 Å². The standard InChI is InChI=1S/C14H10F3NO2S/c15-14(16,17)10-3-6-13(20)18(8-10)9-12-5-4-11(21-12)2-1-7-19/h3-6,8,19H,7,9H2. The Bertz CT molecular complexity index is 750. The van der Waals surface area contributed by atoms with Gasteiger partial charge in [-0.3, -0.25) is 4.79 Å². The van der Waals surface area contributed by atoms with Gasteiger partial charge in [0, 0.05) is 17.1 Å². The van der Waals surface area contributed by atoms with Gasteiger partial charge >= 0.3 is 6.18 Å². The summed E-state index contributed by atoms with van der Waals surface area (Å²) in [5.41, 5.74) is -1.36. The SMILES string of the molecule is O=c1ccc(C(F)(F)F)cn1Cc1ccc(C#CCO)s1. The van der Waals surface area contributed by atoms with Crippen LogP contribution in [-0.2, 0) is 12.7 Å². The maximum absolute atomic E-state index is 12.6. The van der Waals surface area contributed by atoms with Crippen LogP contribution in [0.5, 0.6) is 0 Å². The molecule has 2 aromatic rings. The van der Waals surface area contributed by atoms with E-state index in [1.807, 2.05) is 0 Å². The van der Waals surface area contributed by atoms with Crippen LogP contribution in [-0.4, -0.2) is 16.3 Å². The van der Waals surface area contributed by atoms with Crippen molar-refractivity contribution in [3.8, 4) is 11.8 Å². The third kappa shape index (κ3) is 3.97. The van der Waals surface area contributed by atoms with E-state index in [1.54, 1.807) is 12.1 Å². The van der Waals surface area contributed by atoms with E-state index in [0.29, 0.717) is 9.75 Å². The molecule has 0 saturated heterocycles. The molecule has 0 aromatic carbocycles. The van der Waals surface area contributed by atoms with Crippen LogP contribution in [0.15, 0.2) is 35.3 Å². The Balaban J connectivity index is 2.27. The van der Waals surface area contributed by atoms with Crippen molar-refractivity contribution in [2.75, 3.05) is 6.61 Å². The first-order chi connectivity index (χ1) is 9.90. The molecule has 0 atom stereocenters. The molecule has 1 N–H and O–H groups in total. The molecule has 0 saturated carbocycles. The molecule has 0 fully saturated rings. The number of aromatic nitrogens is 1. The van der Waals surface area contributed by atoms with Crippen LogP contribution < -0.4 is 5.56 Å². The van der Waals surface area contributed by atoms with Gasteiger partial charge in [-0.15, -0.1) is 11.3 Å². The Morgan fingerprint density at radius 3 is 2.67 bits per heavy atom. The van der Waals surface area contributed by atoms with Gasteiger partial charge in [-0.05, 0) is 18.2 Å². The number of aliphatic hydroxyl groups excluding tert-OH is 1. The molecule has 2 rings (SSSR count). The molecule has 0 radical (unpaired) electrons. The van der Waals surface area contributed by atoms with E-state index in [1.165, 1.54) is 11.3 Å². The Morgan fingerprint density at radius 2 is 2.00 bits per heavy atom. The zero-order valence-corrected chi connectivity index (χ0v) is 11.5. The quantitative estimate of drug-likeness (QED) is 0.865. The van der Waals surface area contributed by atoms with Crippen LogP contribution in [0.2, 0.25) is 0 Å². The van der Waals surface area contributed by atoms with Gasteiger partial charge in [0.2, 0.25) is 0 Å². The van der Waals surface area contributed by atoms with E-state index >= 15 is 0 Å². The molecule has 21 heavy (non-hydrogen) atoms. The molecular weight excluding hydrogens is 303 g/mol. The zero-order chi connectivity index (χ0) is 15.5. The van der Waals surface area contributed by atoms with Crippen molar-refractivity contribution in [2.45, 2.75) is 12.7 Å². The number of aliphatic hydroxyl groups is 1. The van der Waals surface area contributed by atoms with Crippen molar-refractivity contribution in [2.24, 2.45) is 0 Å². The Morgan fingerprint density at radius 1 is 1.24 bits per heavy atom. The highest BCUT2D eigenvalue weighted by Crippen LogP contribution is 2.28. The average molecular weight is 313 g/mol. The highest BCUT2D eigenvalue weighted by Gasteiger charge is 2.31. The highest BCUT2D eigenvalue weighted by molar-refractivity contribution is 7.12. The number of hydrogen-bond acceptors (Lipinski definition) is 3. The van der Waals surface area contributed by atoms with Crippen molar-refractivity contribution in [1.82, 2.24) is 4.57 Å². The topological polar surface area (TPSA) is 42.2 Å². The van der Waals surface area contributed by atoms with Crippen molar-refractivity contribution in [3.05, 3.63) is 56.1 Å².